The minimum absolute atomic E-state index is 0.0860. The molecule has 0 radical (unpaired) electrons. The number of phosphoric acid groups is 2. The molecule has 0 unspecified atom stereocenters. The van der Waals surface area contributed by atoms with Crippen molar-refractivity contribution in [2.75, 3.05) is 13.2 Å². The van der Waals surface area contributed by atoms with Crippen molar-refractivity contribution in [3.8, 4) is 0 Å². The summed E-state index contributed by atoms with van der Waals surface area (Å²) in [6.45, 7) is 8.76. The number of unbranched alkanes of at least 4 members (excludes halogenated alkanes) is 4. The highest BCUT2D eigenvalue weighted by Crippen LogP contribution is 2.61. The van der Waals surface area contributed by atoms with Gasteiger partial charge in [-0.05, 0) is 24.7 Å². The van der Waals surface area contributed by atoms with Crippen molar-refractivity contribution in [3.05, 3.63) is 0 Å². The Balaban J connectivity index is 4.17. The molecule has 0 saturated carbocycles. The Morgan fingerprint density at radius 2 is 1.12 bits per heavy atom. The molecular weight excluding hydrogens is 366 g/mol. The molecule has 0 aliphatic carbocycles. The Bertz CT molecular complexity index is 397. The van der Waals surface area contributed by atoms with Crippen LogP contribution in [-0.2, 0) is 22.5 Å². The van der Waals surface area contributed by atoms with Crippen LogP contribution in [0.3, 0.4) is 0 Å². The van der Waals surface area contributed by atoms with Gasteiger partial charge in [-0.25, -0.2) is 9.13 Å². The van der Waals surface area contributed by atoms with Crippen molar-refractivity contribution >= 4 is 15.6 Å². The van der Waals surface area contributed by atoms with E-state index in [9.17, 15) is 9.13 Å². The molecule has 0 saturated heterocycles. The summed E-state index contributed by atoms with van der Waals surface area (Å²) in [4.78, 5) is 17.8. The van der Waals surface area contributed by atoms with E-state index in [1.807, 2.05) is 0 Å². The summed E-state index contributed by atoms with van der Waals surface area (Å²) in [5.74, 6) is 1.26. The molecule has 2 N–H and O–H groups in total. The summed E-state index contributed by atoms with van der Waals surface area (Å²) in [5, 5.41) is 0. The van der Waals surface area contributed by atoms with Crippen molar-refractivity contribution in [3.63, 3.8) is 0 Å². The number of hydrogen-bond acceptors (Lipinski definition) is 5. The second-order valence-corrected chi connectivity index (χ2v) is 10.2. The molecule has 152 valence electrons. The van der Waals surface area contributed by atoms with Crippen molar-refractivity contribution in [2.45, 2.75) is 79.1 Å². The van der Waals surface area contributed by atoms with Gasteiger partial charge in [0.15, 0.2) is 0 Å². The molecule has 0 aromatic carbocycles. The first-order chi connectivity index (χ1) is 11.5. The predicted octanol–water partition coefficient (Wildman–Crippen LogP) is 5.67. The van der Waals surface area contributed by atoms with Gasteiger partial charge in [0.25, 0.3) is 0 Å². The largest absolute Gasteiger partial charge is 0.483 e. The van der Waals surface area contributed by atoms with E-state index >= 15 is 0 Å². The fourth-order valence-electron chi connectivity index (χ4n) is 2.23. The summed E-state index contributed by atoms with van der Waals surface area (Å²) < 4.78 is 37.8. The van der Waals surface area contributed by atoms with E-state index in [-0.39, 0.29) is 13.2 Å². The monoisotopic (exact) mass is 402 g/mol. The molecule has 0 aromatic heterocycles. The smallest absolute Gasteiger partial charge is 0.302 e. The minimum Gasteiger partial charge on any atom is -0.302 e. The maximum atomic E-state index is 12.4. The highest BCUT2D eigenvalue weighted by molar-refractivity contribution is 7.61. The van der Waals surface area contributed by atoms with E-state index < -0.39 is 15.6 Å². The van der Waals surface area contributed by atoms with Crippen LogP contribution in [0.4, 0.5) is 0 Å². The highest BCUT2D eigenvalue weighted by atomic mass is 31.3. The molecule has 0 atom stereocenters. The lowest BCUT2D eigenvalue weighted by Gasteiger charge is -2.18. The summed E-state index contributed by atoms with van der Waals surface area (Å²) in [5.41, 5.74) is 0. The molecule has 0 aromatic rings. The van der Waals surface area contributed by atoms with Gasteiger partial charge in [-0.3, -0.25) is 9.05 Å². The number of rotatable bonds is 16. The van der Waals surface area contributed by atoms with E-state index in [1.165, 1.54) is 0 Å². The van der Waals surface area contributed by atoms with E-state index in [0.717, 1.165) is 38.5 Å². The Morgan fingerprint density at radius 3 is 1.44 bits per heavy atom. The minimum atomic E-state index is -4.95. The molecule has 0 aliphatic heterocycles. The van der Waals surface area contributed by atoms with Crippen LogP contribution in [-0.4, -0.2) is 23.0 Å². The van der Waals surface area contributed by atoms with E-state index in [2.05, 4.69) is 32.0 Å². The molecule has 0 amide bonds. The molecule has 0 aliphatic rings. The van der Waals surface area contributed by atoms with Crippen LogP contribution < -0.4 is 0 Å². The molecule has 0 fully saturated rings. The Kier molecular flexibility index (Phi) is 13.6. The third-order valence-electron chi connectivity index (χ3n) is 3.56. The fourth-order valence-corrected chi connectivity index (χ4v) is 4.43. The zero-order valence-electron chi connectivity index (χ0n) is 16.1. The normalized spacial score (nSPS) is 13.1. The first-order valence-corrected chi connectivity index (χ1v) is 12.2. The van der Waals surface area contributed by atoms with E-state index in [1.54, 1.807) is 0 Å². The second-order valence-electron chi connectivity index (χ2n) is 7.17. The van der Waals surface area contributed by atoms with Crippen LogP contribution in [0.25, 0.3) is 0 Å². The molecule has 7 nitrogen and oxygen atoms in total. The van der Waals surface area contributed by atoms with Gasteiger partial charge < -0.3 is 9.79 Å². The first kappa shape index (κ1) is 25.3. The maximum absolute atomic E-state index is 12.4. The average Bonchev–Trinajstić information content (AvgIpc) is 2.44. The van der Waals surface area contributed by atoms with Crippen molar-refractivity contribution in [1.29, 1.82) is 0 Å². The lowest BCUT2D eigenvalue weighted by Crippen LogP contribution is -2.02. The second kappa shape index (κ2) is 13.4. The molecule has 9 heteroatoms. The summed E-state index contributed by atoms with van der Waals surface area (Å²) in [7, 11) is -9.19. The van der Waals surface area contributed by atoms with Gasteiger partial charge in [-0.15, -0.1) is 0 Å². The molecule has 0 heterocycles. The standard InChI is InChI=1S/C16H36O7P2/c1-15(2)11-7-5-9-13-21-25(20,23-24(17,18)19)22-14-10-6-8-12-16(3)4/h15-16H,5-14H2,1-4H3,(H2,17,18,19). The van der Waals surface area contributed by atoms with Crippen LogP contribution in [0, 0.1) is 11.8 Å². The number of phosphoric ester groups is 1. The Labute approximate surface area is 152 Å². The SMILES string of the molecule is CC(C)CCCCCOP(=O)(OCCCCCC(C)C)OP(=O)(O)O. The van der Waals surface area contributed by atoms with Gasteiger partial charge in [0.2, 0.25) is 0 Å². The van der Waals surface area contributed by atoms with Crippen LogP contribution >= 0.6 is 15.6 Å². The zero-order chi connectivity index (χ0) is 19.3. The highest BCUT2D eigenvalue weighted by Gasteiger charge is 2.35. The van der Waals surface area contributed by atoms with Crippen molar-refractivity contribution in [1.82, 2.24) is 0 Å². The van der Waals surface area contributed by atoms with E-state index in [4.69, 9.17) is 18.8 Å². The summed E-state index contributed by atoms with van der Waals surface area (Å²) >= 11 is 0. The molecule has 25 heavy (non-hydrogen) atoms. The number of hydrogen-bond donors (Lipinski definition) is 2. The Morgan fingerprint density at radius 1 is 0.720 bits per heavy atom. The molecule has 0 rings (SSSR count). The van der Waals surface area contributed by atoms with Crippen molar-refractivity contribution < 1.29 is 32.3 Å². The van der Waals surface area contributed by atoms with Crippen LogP contribution in [0.2, 0.25) is 0 Å². The first-order valence-electron chi connectivity index (χ1n) is 9.20. The van der Waals surface area contributed by atoms with E-state index in [0.29, 0.717) is 24.7 Å². The lowest BCUT2D eigenvalue weighted by atomic mass is 10.1. The van der Waals surface area contributed by atoms with Crippen LogP contribution in [0.5, 0.6) is 0 Å². The molecule has 0 bridgehead atoms. The predicted molar refractivity (Wildman–Crippen MR) is 99.3 cm³/mol. The van der Waals surface area contributed by atoms with Gasteiger partial charge in [0, 0.05) is 0 Å². The lowest BCUT2D eigenvalue weighted by molar-refractivity contribution is 0.136. The van der Waals surface area contributed by atoms with Gasteiger partial charge >= 0.3 is 15.6 Å². The third-order valence-corrected chi connectivity index (χ3v) is 6.21. The van der Waals surface area contributed by atoms with Crippen LogP contribution in [0.1, 0.15) is 79.1 Å². The summed E-state index contributed by atoms with van der Waals surface area (Å²) in [6.07, 6.45) is 7.32. The quantitative estimate of drug-likeness (QED) is 0.253. The average molecular weight is 402 g/mol. The van der Waals surface area contributed by atoms with Gasteiger partial charge in [0.05, 0.1) is 13.2 Å². The van der Waals surface area contributed by atoms with Gasteiger partial charge in [0.1, 0.15) is 0 Å². The molecular formula is C16H36O7P2. The van der Waals surface area contributed by atoms with Gasteiger partial charge in [-0.2, -0.15) is 4.31 Å². The molecule has 0 spiro atoms. The topological polar surface area (TPSA) is 102 Å². The maximum Gasteiger partial charge on any atom is 0.483 e. The zero-order valence-corrected chi connectivity index (χ0v) is 17.8. The Hall–Kier alpha value is 0.260. The third kappa shape index (κ3) is 17.4. The van der Waals surface area contributed by atoms with Crippen molar-refractivity contribution in [2.24, 2.45) is 11.8 Å². The summed E-state index contributed by atoms with van der Waals surface area (Å²) in [6, 6.07) is 0. The van der Waals surface area contributed by atoms with Crippen LogP contribution in [0.15, 0.2) is 0 Å². The fraction of sp³-hybridized carbons (Fsp3) is 1.00. The van der Waals surface area contributed by atoms with Gasteiger partial charge in [-0.1, -0.05) is 66.2 Å².